The Labute approximate surface area is 145 Å². The molecule has 2 N–H and O–H groups in total. The van der Waals surface area contributed by atoms with Gasteiger partial charge < -0.3 is 15.4 Å². The molecule has 0 bridgehead atoms. The standard InChI is InChI=1S/C17H16Cl2N2O2/c1-2-9-23-16-6-4-3-5-14(16)20-11-17(22)21-15-10-12(18)7-8-13(15)19/h2-8,10,20H,1,9,11H2,(H,21,22). The number of amides is 1. The van der Waals surface area contributed by atoms with Crippen LogP contribution in [0.5, 0.6) is 5.75 Å². The monoisotopic (exact) mass is 350 g/mol. The zero-order valence-corrected chi connectivity index (χ0v) is 13.8. The summed E-state index contributed by atoms with van der Waals surface area (Å²) in [5.74, 6) is 0.411. The summed E-state index contributed by atoms with van der Waals surface area (Å²) in [5.41, 5.74) is 1.20. The maximum Gasteiger partial charge on any atom is 0.243 e. The maximum absolute atomic E-state index is 12.0. The number of para-hydroxylation sites is 2. The van der Waals surface area contributed by atoms with E-state index < -0.39 is 0 Å². The summed E-state index contributed by atoms with van der Waals surface area (Å²) in [4.78, 5) is 12.0. The Hall–Kier alpha value is -2.17. The molecule has 0 aliphatic heterocycles. The molecule has 2 aromatic rings. The molecule has 0 spiro atoms. The van der Waals surface area contributed by atoms with Crippen molar-refractivity contribution in [2.45, 2.75) is 0 Å². The molecule has 2 rings (SSSR count). The van der Waals surface area contributed by atoms with Gasteiger partial charge >= 0.3 is 0 Å². The Morgan fingerprint density at radius 3 is 2.74 bits per heavy atom. The van der Waals surface area contributed by atoms with Crippen molar-refractivity contribution in [2.24, 2.45) is 0 Å². The second kappa shape index (κ2) is 8.46. The van der Waals surface area contributed by atoms with Crippen LogP contribution in [-0.4, -0.2) is 19.1 Å². The summed E-state index contributed by atoms with van der Waals surface area (Å²) in [6.07, 6.45) is 1.66. The number of nitrogens with one attached hydrogen (secondary N) is 2. The Kier molecular flexibility index (Phi) is 6.32. The summed E-state index contributed by atoms with van der Waals surface area (Å²) >= 11 is 11.9. The van der Waals surface area contributed by atoms with Crippen molar-refractivity contribution in [1.82, 2.24) is 0 Å². The van der Waals surface area contributed by atoms with Crippen molar-refractivity contribution in [1.29, 1.82) is 0 Å². The van der Waals surface area contributed by atoms with E-state index >= 15 is 0 Å². The summed E-state index contributed by atoms with van der Waals surface area (Å²) in [5, 5.41) is 6.67. The van der Waals surface area contributed by atoms with Crippen LogP contribution in [0.2, 0.25) is 10.0 Å². The fourth-order valence-corrected chi connectivity index (χ4v) is 2.19. The number of benzene rings is 2. The molecule has 0 aromatic heterocycles. The van der Waals surface area contributed by atoms with Gasteiger partial charge in [0.2, 0.25) is 5.91 Å². The Morgan fingerprint density at radius 2 is 1.96 bits per heavy atom. The highest BCUT2D eigenvalue weighted by Crippen LogP contribution is 2.26. The molecule has 0 saturated carbocycles. The minimum absolute atomic E-state index is 0.0668. The second-order valence-corrected chi connectivity index (χ2v) is 5.47. The van der Waals surface area contributed by atoms with Crippen molar-refractivity contribution < 1.29 is 9.53 Å². The topological polar surface area (TPSA) is 50.4 Å². The zero-order chi connectivity index (χ0) is 16.7. The largest absolute Gasteiger partial charge is 0.487 e. The number of ether oxygens (including phenoxy) is 1. The molecule has 23 heavy (non-hydrogen) atoms. The normalized spacial score (nSPS) is 10.0. The lowest BCUT2D eigenvalue weighted by Crippen LogP contribution is -2.22. The van der Waals surface area contributed by atoms with Crippen molar-refractivity contribution in [3.05, 3.63) is 65.2 Å². The molecule has 6 heteroatoms. The summed E-state index contributed by atoms with van der Waals surface area (Å²) < 4.78 is 5.52. The average molecular weight is 351 g/mol. The first-order valence-corrected chi connectivity index (χ1v) is 7.67. The van der Waals surface area contributed by atoms with Gasteiger partial charge in [0.25, 0.3) is 0 Å². The van der Waals surface area contributed by atoms with E-state index in [2.05, 4.69) is 17.2 Å². The fraction of sp³-hybridized carbons (Fsp3) is 0.118. The third-order valence-electron chi connectivity index (χ3n) is 2.89. The third kappa shape index (κ3) is 5.20. The van der Waals surface area contributed by atoms with Gasteiger partial charge in [0.05, 0.1) is 22.9 Å². The van der Waals surface area contributed by atoms with E-state index in [9.17, 15) is 4.79 Å². The van der Waals surface area contributed by atoms with Gasteiger partial charge in [0.1, 0.15) is 12.4 Å². The second-order valence-electron chi connectivity index (χ2n) is 4.62. The van der Waals surface area contributed by atoms with Crippen LogP contribution in [0.4, 0.5) is 11.4 Å². The number of hydrogen-bond acceptors (Lipinski definition) is 3. The molecule has 0 fully saturated rings. The van der Waals surface area contributed by atoms with Crippen LogP contribution in [0.3, 0.4) is 0 Å². The fourth-order valence-electron chi connectivity index (χ4n) is 1.85. The number of rotatable bonds is 7. The SMILES string of the molecule is C=CCOc1ccccc1NCC(=O)Nc1cc(Cl)ccc1Cl. The Bertz CT molecular complexity index is 705. The predicted octanol–water partition coefficient (Wildman–Crippen LogP) is 4.61. The number of halogens is 2. The molecule has 0 heterocycles. The van der Waals surface area contributed by atoms with Crippen LogP contribution < -0.4 is 15.4 Å². The van der Waals surface area contributed by atoms with Crippen molar-refractivity contribution in [3.63, 3.8) is 0 Å². The number of carbonyl (C=O) groups excluding carboxylic acids is 1. The number of hydrogen-bond donors (Lipinski definition) is 2. The first kappa shape index (κ1) is 17.2. The van der Waals surface area contributed by atoms with Gasteiger partial charge in [0.15, 0.2) is 0 Å². The van der Waals surface area contributed by atoms with E-state index in [4.69, 9.17) is 27.9 Å². The van der Waals surface area contributed by atoms with Gasteiger partial charge in [-0.05, 0) is 30.3 Å². The molecule has 0 radical (unpaired) electrons. The zero-order valence-electron chi connectivity index (χ0n) is 12.3. The molecule has 0 aliphatic rings. The molecule has 120 valence electrons. The van der Waals surface area contributed by atoms with Crippen molar-refractivity contribution in [2.75, 3.05) is 23.8 Å². The van der Waals surface area contributed by atoms with Crippen LogP contribution in [-0.2, 0) is 4.79 Å². The Morgan fingerprint density at radius 1 is 1.17 bits per heavy atom. The highest BCUT2D eigenvalue weighted by Gasteiger charge is 2.08. The van der Waals surface area contributed by atoms with Gasteiger partial charge in [-0.3, -0.25) is 4.79 Å². The van der Waals surface area contributed by atoms with Crippen LogP contribution >= 0.6 is 23.2 Å². The lowest BCUT2D eigenvalue weighted by molar-refractivity contribution is -0.114. The van der Waals surface area contributed by atoms with E-state index in [1.807, 2.05) is 24.3 Å². The first-order valence-electron chi connectivity index (χ1n) is 6.91. The summed E-state index contributed by atoms with van der Waals surface area (Å²) in [6.45, 7) is 4.07. The minimum Gasteiger partial charge on any atom is -0.487 e. The molecular weight excluding hydrogens is 335 g/mol. The van der Waals surface area contributed by atoms with Gasteiger partial charge in [-0.25, -0.2) is 0 Å². The van der Waals surface area contributed by atoms with Crippen LogP contribution in [0, 0.1) is 0 Å². The molecular formula is C17H16Cl2N2O2. The van der Waals surface area contributed by atoms with Gasteiger partial charge in [-0.15, -0.1) is 0 Å². The molecule has 0 aliphatic carbocycles. The predicted molar refractivity (Wildman–Crippen MR) is 95.7 cm³/mol. The molecule has 0 unspecified atom stereocenters. The minimum atomic E-state index is -0.243. The van der Waals surface area contributed by atoms with E-state index in [-0.39, 0.29) is 12.5 Å². The van der Waals surface area contributed by atoms with E-state index in [0.29, 0.717) is 28.1 Å². The van der Waals surface area contributed by atoms with E-state index in [0.717, 1.165) is 5.69 Å². The lowest BCUT2D eigenvalue weighted by Gasteiger charge is -2.13. The average Bonchev–Trinajstić information content (AvgIpc) is 2.55. The smallest absolute Gasteiger partial charge is 0.243 e. The van der Waals surface area contributed by atoms with Gasteiger partial charge in [-0.2, -0.15) is 0 Å². The summed E-state index contributed by atoms with van der Waals surface area (Å²) in [6, 6.07) is 12.2. The van der Waals surface area contributed by atoms with Crippen LogP contribution in [0.1, 0.15) is 0 Å². The van der Waals surface area contributed by atoms with E-state index in [1.54, 1.807) is 24.3 Å². The maximum atomic E-state index is 12.0. The highest BCUT2D eigenvalue weighted by molar-refractivity contribution is 6.35. The van der Waals surface area contributed by atoms with Crippen molar-refractivity contribution in [3.8, 4) is 5.75 Å². The van der Waals surface area contributed by atoms with Crippen LogP contribution in [0.25, 0.3) is 0 Å². The van der Waals surface area contributed by atoms with E-state index in [1.165, 1.54) is 0 Å². The molecule has 1 amide bonds. The lowest BCUT2D eigenvalue weighted by atomic mass is 10.3. The van der Waals surface area contributed by atoms with Crippen molar-refractivity contribution >= 4 is 40.5 Å². The number of anilines is 2. The van der Waals surface area contributed by atoms with Crippen LogP contribution in [0.15, 0.2) is 55.1 Å². The molecule has 2 aromatic carbocycles. The highest BCUT2D eigenvalue weighted by atomic mass is 35.5. The molecule has 0 atom stereocenters. The molecule has 4 nitrogen and oxygen atoms in total. The first-order chi connectivity index (χ1) is 11.1. The van der Waals surface area contributed by atoms with Gasteiger partial charge in [-0.1, -0.05) is 48.0 Å². The third-order valence-corrected chi connectivity index (χ3v) is 3.45. The molecule has 0 saturated heterocycles. The number of carbonyl (C=O) groups is 1. The van der Waals surface area contributed by atoms with Gasteiger partial charge in [0, 0.05) is 5.02 Å². The Balaban J connectivity index is 1.97. The quantitative estimate of drug-likeness (QED) is 0.717. The summed E-state index contributed by atoms with van der Waals surface area (Å²) in [7, 11) is 0.